The minimum absolute atomic E-state index is 0.354. The van der Waals surface area contributed by atoms with E-state index in [1.165, 1.54) is 0 Å². The van der Waals surface area contributed by atoms with Crippen LogP contribution in [-0.4, -0.2) is 23.1 Å². The first kappa shape index (κ1) is 18.1. The third kappa shape index (κ3) is 7.48. The second kappa shape index (κ2) is 7.60. The molecule has 0 rings (SSSR count). The van der Waals surface area contributed by atoms with Gasteiger partial charge in [0.05, 0.1) is 0 Å². The van der Waals surface area contributed by atoms with E-state index in [0.29, 0.717) is 12.8 Å². The van der Waals surface area contributed by atoms with Gasteiger partial charge in [0.15, 0.2) is 0 Å². The predicted molar refractivity (Wildman–Crippen MR) is 76.5 cm³/mol. The molecule has 0 radical (unpaired) electrons. The zero-order chi connectivity index (χ0) is 15.8. The average molecular weight is 278 g/mol. The minimum atomic E-state index is -1.01. The van der Waals surface area contributed by atoms with E-state index in [9.17, 15) is 9.59 Å². The number of carbonyl (C=O) groups excluding carboxylic acids is 2. The van der Waals surface area contributed by atoms with E-state index < -0.39 is 23.1 Å². The van der Waals surface area contributed by atoms with Crippen LogP contribution in [0.2, 0.25) is 0 Å². The fraction of sp³-hybridized carbons (Fsp3) is 0.625. The van der Waals surface area contributed by atoms with Crippen LogP contribution in [0.5, 0.6) is 0 Å². The van der Waals surface area contributed by atoms with Crippen LogP contribution < -0.4 is 0 Å². The second-order valence-electron chi connectivity index (χ2n) is 5.51. The Hall–Kier alpha value is -1.94. The first-order valence-electron chi connectivity index (χ1n) is 6.39. The molecule has 0 N–H and O–H groups in total. The highest BCUT2D eigenvalue weighted by atomic mass is 16.6. The lowest BCUT2D eigenvalue weighted by Gasteiger charge is -2.25. The second-order valence-corrected chi connectivity index (χ2v) is 5.51. The number of hydrogen-bond acceptors (Lipinski definition) is 4. The molecule has 110 valence electrons. The van der Waals surface area contributed by atoms with Gasteiger partial charge in [0.2, 0.25) is 0 Å². The van der Waals surface area contributed by atoms with Gasteiger partial charge in [-0.2, -0.15) is 0 Å². The van der Waals surface area contributed by atoms with Crippen LogP contribution >= 0.6 is 0 Å². The fourth-order valence-corrected chi connectivity index (χ4v) is 1.26. The maximum atomic E-state index is 11.7. The zero-order valence-electron chi connectivity index (χ0n) is 13.0. The molecule has 0 unspecified atom stereocenters. The van der Waals surface area contributed by atoms with Crippen LogP contribution in [0.15, 0.2) is 0 Å². The van der Waals surface area contributed by atoms with Crippen molar-refractivity contribution in [3.8, 4) is 23.7 Å². The topological polar surface area (TPSA) is 52.6 Å². The lowest BCUT2D eigenvalue weighted by atomic mass is 10.1. The Morgan fingerprint density at radius 3 is 1.35 bits per heavy atom. The molecule has 4 heteroatoms. The van der Waals surface area contributed by atoms with Gasteiger partial charge in [-0.25, -0.2) is 9.59 Å². The van der Waals surface area contributed by atoms with E-state index in [4.69, 9.17) is 9.47 Å². The van der Waals surface area contributed by atoms with Gasteiger partial charge in [-0.3, -0.25) is 0 Å². The summed E-state index contributed by atoms with van der Waals surface area (Å²) in [5, 5.41) is 0. The van der Waals surface area contributed by atoms with Gasteiger partial charge in [0, 0.05) is 12.8 Å². The summed E-state index contributed by atoms with van der Waals surface area (Å²) in [5.74, 6) is 9.04. The quantitative estimate of drug-likeness (QED) is 0.450. The summed E-state index contributed by atoms with van der Waals surface area (Å²) in [6.45, 7) is 10.2. The Kier molecular flexibility index (Phi) is 6.86. The highest BCUT2D eigenvalue weighted by molar-refractivity contribution is 6.29. The summed E-state index contributed by atoms with van der Waals surface area (Å²) >= 11 is 0. The van der Waals surface area contributed by atoms with Gasteiger partial charge in [-0.15, -0.1) is 11.8 Å². The van der Waals surface area contributed by atoms with Gasteiger partial charge in [-0.1, -0.05) is 11.8 Å². The van der Waals surface area contributed by atoms with Gasteiger partial charge in [-0.05, 0) is 41.5 Å². The lowest BCUT2D eigenvalue weighted by Crippen LogP contribution is -2.37. The van der Waals surface area contributed by atoms with Crippen LogP contribution in [0.4, 0.5) is 0 Å². The fourth-order valence-electron chi connectivity index (χ4n) is 1.26. The molecule has 4 nitrogen and oxygen atoms in total. The van der Waals surface area contributed by atoms with E-state index in [0.717, 1.165) is 0 Å². The zero-order valence-corrected chi connectivity index (χ0v) is 13.0. The lowest BCUT2D eigenvalue weighted by molar-refractivity contribution is -0.182. The molecule has 0 fully saturated rings. The third-order valence-electron chi connectivity index (χ3n) is 2.29. The van der Waals surface area contributed by atoms with Crippen molar-refractivity contribution in [1.29, 1.82) is 0 Å². The van der Waals surface area contributed by atoms with Crippen LogP contribution in [0.1, 0.15) is 54.4 Å². The standard InChI is InChI=1S/C16H22O4/c1-7-9-11-15(3,4)19-13(17)14(18)20-16(5,6)12-10-8-2/h11-12H2,1-6H3. The van der Waals surface area contributed by atoms with E-state index >= 15 is 0 Å². The molecule has 0 bridgehead atoms. The van der Waals surface area contributed by atoms with Crippen molar-refractivity contribution in [2.24, 2.45) is 0 Å². The Labute approximate surface area is 121 Å². The smallest absolute Gasteiger partial charge is 0.418 e. The molecule has 0 saturated heterocycles. The molecule has 20 heavy (non-hydrogen) atoms. The molecule has 0 heterocycles. The van der Waals surface area contributed by atoms with Gasteiger partial charge >= 0.3 is 11.9 Å². The number of carbonyl (C=O) groups is 2. The van der Waals surface area contributed by atoms with Crippen molar-refractivity contribution in [3.63, 3.8) is 0 Å². The largest absolute Gasteiger partial charge is 0.450 e. The van der Waals surface area contributed by atoms with Gasteiger partial charge in [0.1, 0.15) is 11.2 Å². The first-order chi connectivity index (χ1) is 9.13. The van der Waals surface area contributed by atoms with E-state index in [1.807, 2.05) is 0 Å². The minimum Gasteiger partial charge on any atom is -0.450 e. The molecule has 0 amide bonds. The molecule has 0 saturated carbocycles. The highest BCUT2D eigenvalue weighted by Crippen LogP contribution is 2.17. The maximum absolute atomic E-state index is 11.7. The van der Waals surface area contributed by atoms with Crippen molar-refractivity contribution in [2.75, 3.05) is 0 Å². The summed E-state index contributed by atoms with van der Waals surface area (Å²) in [4.78, 5) is 23.4. The van der Waals surface area contributed by atoms with Crippen LogP contribution in [-0.2, 0) is 19.1 Å². The van der Waals surface area contributed by atoms with Gasteiger partial charge < -0.3 is 9.47 Å². The van der Waals surface area contributed by atoms with Crippen LogP contribution in [0.25, 0.3) is 0 Å². The molecule has 0 spiro atoms. The third-order valence-corrected chi connectivity index (χ3v) is 2.29. The Morgan fingerprint density at radius 2 is 1.10 bits per heavy atom. The molecule has 0 aromatic carbocycles. The van der Waals surface area contributed by atoms with Crippen molar-refractivity contribution in [3.05, 3.63) is 0 Å². The summed E-state index contributed by atoms with van der Waals surface area (Å²) in [7, 11) is 0. The SMILES string of the molecule is CC#CCC(C)(C)OC(=O)C(=O)OC(C)(C)CC#CC. The van der Waals surface area contributed by atoms with Crippen LogP contribution in [0, 0.1) is 23.7 Å². The Morgan fingerprint density at radius 1 is 0.800 bits per heavy atom. The van der Waals surface area contributed by atoms with Gasteiger partial charge in [0.25, 0.3) is 0 Å². The van der Waals surface area contributed by atoms with Crippen molar-refractivity contribution < 1.29 is 19.1 Å². The Balaban J connectivity index is 4.57. The van der Waals surface area contributed by atoms with Crippen molar-refractivity contribution in [1.82, 2.24) is 0 Å². The number of rotatable bonds is 4. The molecule has 0 atom stereocenters. The molecular weight excluding hydrogens is 256 g/mol. The van der Waals surface area contributed by atoms with Crippen LogP contribution in [0.3, 0.4) is 0 Å². The van der Waals surface area contributed by atoms with E-state index in [-0.39, 0.29) is 0 Å². The number of esters is 2. The summed E-state index contributed by atoms with van der Waals surface area (Å²) in [5.41, 5.74) is -1.65. The predicted octanol–water partition coefficient (Wildman–Crippen LogP) is 2.46. The molecule has 0 aliphatic carbocycles. The van der Waals surface area contributed by atoms with E-state index in [1.54, 1.807) is 41.5 Å². The monoisotopic (exact) mass is 278 g/mol. The number of hydrogen-bond donors (Lipinski definition) is 0. The number of ether oxygens (including phenoxy) is 2. The summed E-state index contributed by atoms with van der Waals surface area (Å²) in [6, 6.07) is 0. The first-order valence-corrected chi connectivity index (χ1v) is 6.39. The molecule has 0 aromatic heterocycles. The van der Waals surface area contributed by atoms with E-state index in [2.05, 4.69) is 23.7 Å². The maximum Gasteiger partial charge on any atom is 0.418 e. The molecule has 0 aromatic rings. The van der Waals surface area contributed by atoms with Crippen molar-refractivity contribution in [2.45, 2.75) is 65.6 Å². The summed E-state index contributed by atoms with van der Waals surface area (Å²) in [6.07, 6.45) is 0.709. The summed E-state index contributed by atoms with van der Waals surface area (Å²) < 4.78 is 10.2. The highest BCUT2D eigenvalue weighted by Gasteiger charge is 2.31. The molecule has 0 aliphatic rings. The molecular formula is C16H22O4. The Bertz CT molecular complexity index is 432. The molecule has 0 aliphatic heterocycles. The van der Waals surface area contributed by atoms with Crippen molar-refractivity contribution >= 4 is 11.9 Å². The average Bonchev–Trinajstić information content (AvgIpc) is 2.33. The normalized spacial score (nSPS) is 10.5.